The van der Waals surface area contributed by atoms with Gasteiger partial charge in [0.2, 0.25) is 0 Å². The topological polar surface area (TPSA) is 94.0 Å². The van der Waals surface area contributed by atoms with Crippen LogP contribution < -0.4 is 9.64 Å². The second-order valence-corrected chi connectivity index (χ2v) is 15.3. The van der Waals surface area contributed by atoms with Crippen LogP contribution in [0.5, 0.6) is 5.75 Å². The summed E-state index contributed by atoms with van der Waals surface area (Å²) in [4.78, 5) is 23.1. The van der Waals surface area contributed by atoms with Crippen molar-refractivity contribution in [3.63, 3.8) is 0 Å². The van der Waals surface area contributed by atoms with E-state index in [4.69, 9.17) is 25.8 Å². The number of thioether (sulfide) groups is 1. The molecule has 7 rings (SSSR count). The molecule has 6 atom stereocenters. The third kappa shape index (κ3) is 6.75. The lowest BCUT2D eigenvalue weighted by atomic mass is 9.67. The molecule has 2 aliphatic heterocycles. The fraction of sp³-hybridized carbons (Fsp3) is 0.528. The predicted molar refractivity (Wildman–Crippen MR) is 179 cm³/mol. The van der Waals surface area contributed by atoms with Crippen LogP contribution in [0.25, 0.3) is 0 Å². The smallest absolute Gasteiger partial charge is 0.335 e. The van der Waals surface area contributed by atoms with Crippen molar-refractivity contribution in [1.82, 2.24) is 9.97 Å². The number of anilines is 1. The third-order valence-corrected chi connectivity index (χ3v) is 11.6. The van der Waals surface area contributed by atoms with Crippen LogP contribution in [0.1, 0.15) is 66.9 Å². The Morgan fingerprint density at radius 1 is 1.20 bits per heavy atom. The van der Waals surface area contributed by atoms with Crippen molar-refractivity contribution in [2.45, 2.75) is 79.9 Å². The van der Waals surface area contributed by atoms with Crippen LogP contribution in [0.4, 0.5) is 5.69 Å². The van der Waals surface area contributed by atoms with Crippen LogP contribution in [0.2, 0.25) is 5.02 Å². The summed E-state index contributed by atoms with van der Waals surface area (Å²) in [7, 11) is 0. The number of aryl methyl sites for hydroxylation is 1. The first-order valence-corrected chi connectivity index (χ1v) is 17.8. The molecule has 4 aliphatic rings. The SMILES string of the molecule is C[C@@H](CO[C@@H]1CCO[C@@H]([C@@H]2CC[C@H]2CN2CC3(CCCc4cc(Cl)ccc43)COc3ccc(C(=O)O)cc32)C1)Sc1ncccn1. The zero-order chi connectivity index (χ0) is 31.7. The van der Waals surface area contributed by atoms with E-state index < -0.39 is 5.97 Å². The number of rotatable bonds is 9. The van der Waals surface area contributed by atoms with Crippen LogP contribution in [-0.2, 0) is 21.3 Å². The summed E-state index contributed by atoms with van der Waals surface area (Å²) in [5.74, 6) is 0.721. The first-order valence-electron chi connectivity index (χ1n) is 16.6. The lowest BCUT2D eigenvalue weighted by Gasteiger charge is -2.47. The fourth-order valence-corrected chi connectivity index (χ4v) is 8.86. The molecule has 3 aromatic rings. The maximum atomic E-state index is 12.0. The highest BCUT2D eigenvalue weighted by Crippen LogP contribution is 2.47. The molecule has 244 valence electrons. The average molecular weight is 664 g/mol. The Hall–Kier alpha value is -2.85. The van der Waals surface area contributed by atoms with E-state index in [-0.39, 0.29) is 28.4 Å². The standard InChI is InChI=1S/C36H42ClN3O5S/c1-23(46-35-38-13-3-14-39-35)20-44-28-11-15-43-33(18-28)29-8-5-26(29)19-40-21-36(12-2-4-24-16-27(37)7-9-30(24)36)22-45-32-10-6-25(34(41)42)17-31(32)40/h3,6-7,9-10,13-14,16-17,23,26,28-29,33H,2,4-5,8,11-12,15,18-22H2,1H3,(H,41,42)/t23-,26-,28+,29+,33+,36?/m0/s1. The van der Waals surface area contributed by atoms with Crippen LogP contribution >= 0.6 is 23.4 Å². The number of ether oxygens (including phenoxy) is 3. The van der Waals surface area contributed by atoms with Crippen LogP contribution in [0.15, 0.2) is 60.0 Å². The molecule has 46 heavy (non-hydrogen) atoms. The fourth-order valence-electron chi connectivity index (χ4n) is 7.92. The van der Waals surface area contributed by atoms with Gasteiger partial charge < -0.3 is 24.2 Å². The molecule has 1 unspecified atom stereocenters. The average Bonchev–Trinajstić information content (AvgIpc) is 3.19. The van der Waals surface area contributed by atoms with Crippen molar-refractivity contribution in [3.05, 3.63) is 76.6 Å². The first-order chi connectivity index (χ1) is 22.4. The molecule has 0 amide bonds. The van der Waals surface area contributed by atoms with Gasteiger partial charge in [-0.2, -0.15) is 0 Å². The molecule has 1 spiro atoms. The van der Waals surface area contributed by atoms with Crippen LogP contribution in [0, 0.1) is 11.8 Å². The summed E-state index contributed by atoms with van der Waals surface area (Å²) in [6.45, 7) is 5.70. The Kier molecular flexibility index (Phi) is 9.46. The molecule has 0 radical (unpaired) electrons. The highest BCUT2D eigenvalue weighted by molar-refractivity contribution is 7.99. The maximum Gasteiger partial charge on any atom is 0.335 e. The largest absolute Gasteiger partial charge is 0.490 e. The monoisotopic (exact) mass is 663 g/mol. The molecule has 1 N–H and O–H groups in total. The minimum Gasteiger partial charge on any atom is -0.490 e. The van der Waals surface area contributed by atoms with E-state index in [0.717, 1.165) is 79.7 Å². The summed E-state index contributed by atoms with van der Waals surface area (Å²) < 4.78 is 19.4. The van der Waals surface area contributed by atoms with E-state index in [0.29, 0.717) is 31.7 Å². The van der Waals surface area contributed by atoms with Gasteiger partial charge in [0.15, 0.2) is 5.16 Å². The number of aromatic nitrogens is 2. The molecular formula is C36H42ClN3O5S. The minimum absolute atomic E-state index is 0.164. The van der Waals surface area contributed by atoms with Gasteiger partial charge >= 0.3 is 5.97 Å². The number of carbonyl (C=O) groups is 1. The van der Waals surface area contributed by atoms with Gasteiger partial charge in [-0.05, 0) is 97.9 Å². The van der Waals surface area contributed by atoms with Gasteiger partial charge in [-0.3, -0.25) is 0 Å². The number of hydrogen-bond donors (Lipinski definition) is 1. The number of hydrogen-bond acceptors (Lipinski definition) is 8. The summed E-state index contributed by atoms with van der Waals surface area (Å²) in [6.07, 6.45) is 11.1. The van der Waals surface area contributed by atoms with Gasteiger partial charge in [0.1, 0.15) is 5.75 Å². The van der Waals surface area contributed by atoms with Crippen LogP contribution in [-0.4, -0.2) is 71.4 Å². The molecule has 8 nitrogen and oxygen atoms in total. The van der Waals surface area contributed by atoms with Crippen molar-refractivity contribution in [3.8, 4) is 5.75 Å². The molecule has 2 aliphatic carbocycles. The highest BCUT2D eigenvalue weighted by Gasteiger charge is 2.45. The van der Waals surface area contributed by atoms with Gasteiger partial charge in [0.05, 0.1) is 36.7 Å². The van der Waals surface area contributed by atoms with Crippen LogP contribution in [0.3, 0.4) is 0 Å². The molecule has 1 aromatic heterocycles. The summed E-state index contributed by atoms with van der Waals surface area (Å²) >= 11 is 8.07. The van der Waals surface area contributed by atoms with Crippen molar-refractivity contribution in [1.29, 1.82) is 0 Å². The van der Waals surface area contributed by atoms with E-state index in [1.807, 2.05) is 18.2 Å². The Morgan fingerprint density at radius 2 is 2.07 bits per heavy atom. The quantitative estimate of drug-likeness (QED) is 0.191. The molecule has 0 bridgehead atoms. The van der Waals surface area contributed by atoms with Crippen molar-refractivity contribution < 1.29 is 24.1 Å². The van der Waals surface area contributed by atoms with Crippen molar-refractivity contribution >= 4 is 35.0 Å². The zero-order valence-corrected chi connectivity index (χ0v) is 27.8. The molecule has 2 aromatic carbocycles. The molecule has 1 saturated carbocycles. The first kappa shape index (κ1) is 31.7. The summed E-state index contributed by atoms with van der Waals surface area (Å²) in [5.41, 5.74) is 3.58. The van der Waals surface area contributed by atoms with Gasteiger partial charge in [-0.25, -0.2) is 14.8 Å². The Bertz CT molecular complexity index is 1550. The Balaban J connectivity index is 1.06. The van der Waals surface area contributed by atoms with E-state index in [2.05, 4.69) is 33.9 Å². The van der Waals surface area contributed by atoms with Gasteiger partial charge in [-0.1, -0.05) is 36.4 Å². The Labute approximate surface area is 280 Å². The number of halogens is 1. The molecule has 1 saturated heterocycles. The van der Waals surface area contributed by atoms with Gasteiger partial charge in [0, 0.05) is 54.2 Å². The number of aromatic carboxylic acids is 1. The highest BCUT2D eigenvalue weighted by atomic mass is 35.5. The third-order valence-electron chi connectivity index (χ3n) is 10.4. The van der Waals surface area contributed by atoms with E-state index in [1.54, 1.807) is 36.3 Å². The molecule has 3 heterocycles. The molecule has 2 fully saturated rings. The number of carboxylic acids is 1. The lowest BCUT2D eigenvalue weighted by Crippen LogP contribution is -2.50. The second kappa shape index (κ2) is 13.7. The zero-order valence-electron chi connectivity index (χ0n) is 26.3. The maximum absolute atomic E-state index is 12.0. The number of benzene rings is 2. The normalized spacial score (nSPS) is 27.9. The van der Waals surface area contributed by atoms with E-state index in [1.165, 1.54) is 11.1 Å². The Morgan fingerprint density at radius 3 is 2.87 bits per heavy atom. The number of fused-ring (bicyclic) bond motifs is 3. The molecular weight excluding hydrogens is 622 g/mol. The van der Waals surface area contributed by atoms with Gasteiger partial charge in [-0.15, -0.1) is 0 Å². The minimum atomic E-state index is -0.924. The van der Waals surface area contributed by atoms with Gasteiger partial charge in [0.25, 0.3) is 0 Å². The molecule has 10 heteroatoms. The van der Waals surface area contributed by atoms with Crippen molar-refractivity contribution in [2.24, 2.45) is 11.8 Å². The van der Waals surface area contributed by atoms with E-state index >= 15 is 0 Å². The van der Waals surface area contributed by atoms with E-state index in [9.17, 15) is 9.90 Å². The second-order valence-electron chi connectivity index (χ2n) is 13.4. The van der Waals surface area contributed by atoms with Crippen molar-refractivity contribution in [2.75, 3.05) is 37.8 Å². The number of carboxylic acid groups (broad SMARTS) is 1. The lowest BCUT2D eigenvalue weighted by molar-refractivity contribution is -0.116. The summed E-state index contributed by atoms with van der Waals surface area (Å²) in [6, 6.07) is 13.4. The predicted octanol–water partition coefficient (Wildman–Crippen LogP) is 7.07. The number of nitrogens with zero attached hydrogens (tertiary/aromatic N) is 3. The summed E-state index contributed by atoms with van der Waals surface area (Å²) in [5, 5.41) is 11.7.